The van der Waals surface area contributed by atoms with Gasteiger partial charge in [0.2, 0.25) is 0 Å². The molecule has 0 amide bonds. The molecule has 0 saturated carbocycles. The number of hydrogen-bond donors (Lipinski definition) is 0. The molecule has 0 aliphatic rings. The van der Waals surface area contributed by atoms with E-state index in [4.69, 9.17) is 9.97 Å². The maximum absolute atomic E-state index is 5.29. The van der Waals surface area contributed by atoms with E-state index in [-0.39, 0.29) is 0 Å². The van der Waals surface area contributed by atoms with Crippen LogP contribution in [0.1, 0.15) is 0 Å². The molecule has 17 rings (SSSR count). The molecule has 0 unspecified atom stereocenters. The number of para-hydroxylation sites is 3. The standard InChI is InChI=1S/C76H46N4S/c1-2-17-59(18-3-1)79-69-22-10-8-19-62(69)64-43-53(32-36-71(64)79)54-34-38-73-66(44-54)75-61(21-12-24-74(75)81-73)55-33-37-72-65(45-55)63-20-9-11-23-70(63)80(72)60-35-31-51-41-58(30-27-52(51)42-60)76-77-67(56-28-25-47-13-4-6-15-49(47)39-56)46-68(78-76)57-29-26-48-14-5-7-16-50(48)40-57/h1-46H. The topological polar surface area (TPSA) is 35.6 Å². The van der Waals surface area contributed by atoms with Crippen molar-refractivity contribution in [1.29, 1.82) is 0 Å². The molecule has 376 valence electrons. The van der Waals surface area contributed by atoms with E-state index in [0.717, 1.165) is 44.5 Å². The van der Waals surface area contributed by atoms with E-state index in [1.165, 1.54) is 113 Å². The first kappa shape index (κ1) is 45.5. The molecule has 0 fully saturated rings. The molecule has 17 aromatic rings. The number of nitrogens with zero attached hydrogens (tertiary/aromatic N) is 4. The van der Waals surface area contributed by atoms with Crippen molar-refractivity contribution in [3.63, 3.8) is 0 Å². The van der Waals surface area contributed by atoms with Gasteiger partial charge in [-0.15, -0.1) is 11.3 Å². The molecule has 0 aliphatic carbocycles. The van der Waals surface area contributed by atoms with E-state index >= 15 is 0 Å². The number of aromatic nitrogens is 4. The summed E-state index contributed by atoms with van der Waals surface area (Å²) in [7, 11) is 0. The average Bonchev–Trinajstić information content (AvgIpc) is 4.35. The molecule has 0 aliphatic heterocycles. The third kappa shape index (κ3) is 7.44. The molecule has 4 heterocycles. The largest absolute Gasteiger partial charge is 0.309 e. The molecule has 0 spiro atoms. The van der Waals surface area contributed by atoms with Crippen LogP contribution in [0, 0.1) is 0 Å². The first-order valence-corrected chi connectivity index (χ1v) is 28.4. The molecular formula is C76H46N4S. The van der Waals surface area contributed by atoms with E-state index in [1.54, 1.807) is 0 Å². The number of benzene rings is 13. The second kappa shape index (κ2) is 18.0. The van der Waals surface area contributed by atoms with Crippen LogP contribution in [0.15, 0.2) is 279 Å². The van der Waals surface area contributed by atoms with Gasteiger partial charge in [0.05, 0.1) is 33.5 Å². The van der Waals surface area contributed by atoms with Crippen LogP contribution in [-0.4, -0.2) is 19.1 Å². The van der Waals surface area contributed by atoms with Crippen LogP contribution < -0.4 is 0 Å². The van der Waals surface area contributed by atoms with E-state index in [1.807, 2.05) is 11.3 Å². The molecule has 0 atom stereocenters. The molecule has 4 aromatic heterocycles. The van der Waals surface area contributed by atoms with Crippen LogP contribution in [0.3, 0.4) is 0 Å². The molecule has 4 nitrogen and oxygen atoms in total. The Kier molecular flexibility index (Phi) is 10.1. The number of rotatable bonds is 7. The van der Waals surface area contributed by atoms with Crippen LogP contribution in [0.4, 0.5) is 0 Å². The second-order valence-electron chi connectivity index (χ2n) is 21.3. The molecule has 0 saturated heterocycles. The third-order valence-corrected chi connectivity index (χ3v) is 17.8. The van der Waals surface area contributed by atoms with Gasteiger partial charge in [0.15, 0.2) is 5.82 Å². The Morgan fingerprint density at radius 3 is 1.43 bits per heavy atom. The quantitative estimate of drug-likeness (QED) is 0.159. The van der Waals surface area contributed by atoms with E-state index in [2.05, 4.69) is 288 Å². The second-order valence-corrected chi connectivity index (χ2v) is 22.4. The summed E-state index contributed by atoms with van der Waals surface area (Å²) in [6, 6.07) is 102. The van der Waals surface area contributed by atoms with E-state index < -0.39 is 0 Å². The van der Waals surface area contributed by atoms with Gasteiger partial charge in [-0.1, -0.05) is 176 Å². The van der Waals surface area contributed by atoms with Gasteiger partial charge in [-0.25, -0.2) is 9.97 Å². The number of fused-ring (bicyclic) bond motifs is 12. The lowest BCUT2D eigenvalue weighted by Gasteiger charge is -2.12. The number of hydrogen-bond acceptors (Lipinski definition) is 3. The molecule has 0 bridgehead atoms. The summed E-state index contributed by atoms with van der Waals surface area (Å²) >= 11 is 1.87. The van der Waals surface area contributed by atoms with Gasteiger partial charge in [-0.2, -0.15) is 0 Å². The Hall–Kier alpha value is -10.5. The fourth-order valence-electron chi connectivity index (χ4n) is 12.8. The highest BCUT2D eigenvalue weighted by molar-refractivity contribution is 7.26. The first-order chi connectivity index (χ1) is 40.1. The lowest BCUT2D eigenvalue weighted by molar-refractivity contribution is 1.18. The van der Waals surface area contributed by atoms with Crippen LogP contribution in [0.2, 0.25) is 0 Å². The van der Waals surface area contributed by atoms with Gasteiger partial charge in [0.25, 0.3) is 0 Å². The third-order valence-electron chi connectivity index (χ3n) is 16.7. The van der Waals surface area contributed by atoms with Gasteiger partial charge >= 0.3 is 0 Å². The van der Waals surface area contributed by atoms with Crippen molar-refractivity contribution in [2.75, 3.05) is 0 Å². The highest BCUT2D eigenvalue weighted by Crippen LogP contribution is 2.45. The Balaban J connectivity index is 0.747. The maximum atomic E-state index is 5.29. The molecular weight excluding hydrogens is 1000 g/mol. The van der Waals surface area contributed by atoms with Crippen molar-refractivity contribution in [1.82, 2.24) is 19.1 Å². The summed E-state index contributed by atoms with van der Waals surface area (Å²) < 4.78 is 7.39. The normalized spacial score (nSPS) is 12.0. The molecule has 5 heteroatoms. The molecule has 0 N–H and O–H groups in total. The van der Waals surface area contributed by atoms with Crippen LogP contribution in [0.25, 0.3) is 164 Å². The number of thiophene rings is 1. The van der Waals surface area contributed by atoms with E-state index in [9.17, 15) is 0 Å². The zero-order valence-corrected chi connectivity index (χ0v) is 44.6. The molecule has 13 aromatic carbocycles. The van der Waals surface area contributed by atoms with Gasteiger partial charge in [-0.3, -0.25) is 0 Å². The Bertz CT molecular complexity index is 5330. The summed E-state index contributed by atoms with van der Waals surface area (Å²) in [6.45, 7) is 0. The minimum absolute atomic E-state index is 0.695. The highest BCUT2D eigenvalue weighted by atomic mass is 32.1. The van der Waals surface area contributed by atoms with Crippen molar-refractivity contribution >= 4 is 107 Å². The lowest BCUT2D eigenvalue weighted by Crippen LogP contribution is -1.97. The Morgan fingerprint density at radius 1 is 0.259 bits per heavy atom. The fourth-order valence-corrected chi connectivity index (χ4v) is 13.9. The fraction of sp³-hybridized carbons (Fsp3) is 0. The average molecular weight is 1050 g/mol. The van der Waals surface area contributed by atoms with Crippen LogP contribution in [0.5, 0.6) is 0 Å². The zero-order valence-electron chi connectivity index (χ0n) is 43.8. The predicted octanol–water partition coefficient (Wildman–Crippen LogP) is 20.8. The molecule has 0 radical (unpaired) electrons. The zero-order chi connectivity index (χ0) is 53.1. The summed E-state index contributed by atoms with van der Waals surface area (Å²) in [5.74, 6) is 0.695. The summed E-state index contributed by atoms with van der Waals surface area (Å²) in [6.07, 6.45) is 0. The van der Waals surface area contributed by atoms with Crippen LogP contribution >= 0.6 is 11.3 Å². The van der Waals surface area contributed by atoms with Crippen molar-refractivity contribution in [2.45, 2.75) is 0 Å². The summed E-state index contributed by atoms with van der Waals surface area (Å²) in [5, 5.41) is 14.6. The van der Waals surface area contributed by atoms with Gasteiger partial charge < -0.3 is 9.13 Å². The first-order valence-electron chi connectivity index (χ1n) is 27.6. The van der Waals surface area contributed by atoms with Gasteiger partial charge in [-0.05, 0) is 158 Å². The van der Waals surface area contributed by atoms with Crippen LogP contribution in [-0.2, 0) is 0 Å². The van der Waals surface area contributed by atoms with Crippen molar-refractivity contribution in [2.24, 2.45) is 0 Å². The van der Waals surface area contributed by atoms with Crippen molar-refractivity contribution in [3.05, 3.63) is 279 Å². The van der Waals surface area contributed by atoms with E-state index in [0.29, 0.717) is 5.82 Å². The van der Waals surface area contributed by atoms with Crippen molar-refractivity contribution < 1.29 is 0 Å². The van der Waals surface area contributed by atoms with Crippen molar-refractivity contribution in [3.8, 4) is 67.5 Å². The van der Waals surface area contributed by atoms with Gasteiger partial charge in [0, 0.05) is 69.8 Å². The molecule has 81 heavy (non-hydrogen) atoms. The minimum atomic E-state index is 0.695. The maximum Gasteiger partial charge on any atom is 0.160 e. The van der Waals surface area contributed by atoms with Gasteiger partial charge in [0.1, 0.15) is 0 Å². The summed E-state index contributed by atoms with van der Waals surface area (Å²) in [4.78, 5) is 10.6. The predicted molar refractivity (Wildman–Crippen MR) is 343 cm³/mol. The lowest BCUT2D eigenvalue weighted by atomic mass is 9.96. The smallest absolute Gasteiger partial charge is 0.160 e. The Morgan fingerprint density at radius 2 is 0.741 bits per heavy atom. The summed E-state index contributed by atoms with van der Waals surface area (Å²) in [5.41, 5.74) is 16.8. The SMILES string of the molecule is c1ccc(-n2c3ccccc3c3cc(-c4ccc5sc6cccc(-c7ccc8c(c7)c7ccccc7n8-c7ccc8cc(-c9nc(-c%10ccc%11ccccc%11c%10)cc(-c%10ccc%11ccccc%11c%10)n9)ccc8c7)c6c5c4)ccc32)cc1. The Labute approximate surface area is 470 Å². The monoisotopic (exact) mass is 1050 g/mol. The highest BCUT2D eigenvalue weighted by Gasteiger charge is 2.19. The minimum Gasteiger partial charge on any atom is -0.309 e.